The smallest absolute Gasteiger partial charge is 0.398 e. The van der Waals surface area contributed by atoms with E-state index >= 15 is 0 Å². The molecule has 2 aliphatic heterocycles. The van der Waals surface area contributed by atoms with Gasteiger partial charge in [-0.1, -0.05) is 0 Å². The van der Waals surface area contributed by atoms with E-state index in [4.69, 9.17) is 0 Å². The molecule has 0 aliphatic carbocycles. The van der Waals surface area contributed by atoms with Crippen LogP contribution in [0.15, 0.2) is 39.1 Å². The molecule has 0 saturated heterocycles. The largest absolute Gasteiger partial charge is 0.573 e. The molecule has 2 aromatic rings. The summed E-state index contributed by atoms with van der Waals surface area (Å²) >= 11 is 1.39. The maximum absolute atomic E-state index is 12.1. The number of thioether (sulfide) groups is 1. The zero-order valence-electron chi connectivity index (χ0n) is 15.8. The fraction of sp³-hybridized carbons (Fsp3) is 0.222. The molecular weight excluding hydrogens is 441 g/mol. The molecule has 9 nitrogen and oxygen atoms in total. The highest BCUT2D eigenvalue weighted by Crippen LogP contribution is 2.35. The van der Waals surface area contributed by atoms with Gasteiger partial charge >= 0.3 is 12.0 Å². The van der Waals surface area contributed by atoms with Gasteiger partial charge in [-0.2, -0.15) is 0 Å². The molecule has 0 unspecified atom stereocenters. The van der Waals surface area contributed by atoms with Crippen LogP contribution in [0.1, 0.15) is 22.3 Å². The number of hydrogen-bond acceptors (Lipinski definition) is 8. The summed E-state index contributed by atoms with van der Waals surface area (Å²) in [4.78, 5) is 28.7. The number of aliphatic imine (C=N–C) groups is 2. The first-order valence-electron chi connectivity index (χ1n) is 8.51. The minimum absolute atomic E-state index is 0.171. The van der Waals surface area contributed by atoms with E-state index in [0.717, 1.165) is 23.3 Å². The summed E-state index contributed by atoms with van der Waals surface area (Å²) in [6.45, 7) is 0.836. The molecule has 0 saturated carbocycles. The Morgan fingerprint density at radius 3 is 1.94 bits per heavy atom. The standard InChI is InChI=1S/C9H5F3N2O3.C9H8N2O2S/c10-9(11,12)17-8-2-6-4-13-3-5(6)1-7(8)14(15)16;1-14-9-3-7-5-10-4-6(7)2-8(9)11(12)13/h1-3H,4H2;2-4H,5H2,1H3. The lowest BCUT2D eigenvalue weighted by atomic mass is 10.1. The number of fused-ring (bicyclic) bond motifs is 2. The van der Waals surface area contributed by atoms with Gasteiger partial charge in [0.15, 0.2) is 0 Å². The Balaban J connectivity index is 0.000000179. The van der Waals surface area contributed by atoms with E-state index in [1.54, 1.807) is 12.3 Å². The number of alkyl halides is 3. The lowest BCUT2D eigenvalue weighted by Crippen LogP contribution is -2.18. The second kappa shape index (κ2) is 8.71. The Labute approximate surface area is 177 Å². The van der Waals surface area contributed by atoms with Gasteiger partial charge in [0.25, 0.3) is 5.69 Å². The average Bonchev–Trinajstić information content (AvgIpc) is 3.33. The molecule has 4 rings (SSSR count). The summed E-state index contributed by atoms with van der Waals surface area (Å²) in [5.41, 5.74) is 2.29. The average molecular weight is 454 g/mol. The van der Waals surface area contributed by atoms with Crippen molar-refractivity contribution in [2.75, 3.05) is 6.26 Å². The highest BCUT2D eigenvalue weighted by molar-refractivity contribution is 7.98. The van der Waals surface area contributed by atoms with Crippen LogP contribution >= 0.6 is 11.8 Å². The number of benzene rings is 2. The Kier molecular flexibility index (Phi) is 6.24. The number of halogens is 3. The zero-order valence-corrected chi connectivity index (χ0v) is 16.6. The fourth-order valence-electron chi connectivity index (χ4n) is 2.91. The van der Waals surface area contributed by atoms with Crippen molar-refractivity contribution in [2.24, 2.45) is 9.98 Å². The molecule has 0 fully saturated rings. The Morgan fingerprint density at radius 1 is 0.935 bits per heavy atom. The van der Waals surface area contributed by atoms with E-state index in [9.17, 15) is 33.4 Å². The van der Waals surface area contributed by atoms with Gasteiger partial charge in [0.1, 0.15) is 0 Å². The van der Waals surface area contributed by atoms with Crippen molar-refractivity contribution >= 4 is 35.6 Å². The van der Waals surface area contributed by atoms with E-state index in [1.807, 2.05) is 12.3 Å². The quantitative estimate of drug-likeness (QED) is 0.376. The van der Waals surface area contributed by atoms with Crippen LogP contribution in [-0.2, 0) is 13.1 Å². The van der Waals surface area contributed by atoms with Crippen molar-refractivity contribution in [3.63, 3.8) is 0 Å². The van der Waals surface area contributed by atoms with Crippen LogP contribution in [0.3, 0.4) is 0 Å². The minimum atomic E-state index is -4.96. The van der Waals surface area contributed by atoms with Crippen molar-refractivity contribution < 1.29 is 27.8 Å². The van der Waals surface area contributed by atoms with Crippen molar-refractivity contribution in [3.05, 3.63) is 66.7 Å². The molecule has 162 valence electrons. The van der Waals surface area contributed by atoms with E-state index in [-0.39, 0.29) is 17.2 Å². The van der Waals surface area contributed by atoms with Gasteiger partial charge in [-0.25, -0.2) is 0 Å². The molecule has 0 bridgehead atoms. The van der Waals surface area contributed by atoms with Gasteiger partial charge in [-0.3, -0.25) is 30.2 Å². The number of nitrogens with zero attached hydrogens (tertiary/aromatic N) is 4. The molecule has 0 radical (unpaired) electrons. The monoisotopic (exact) mass is 454 g/mol. The molecule has 0 amide bonds. The highest BCUT2D eigenvalue weighted by Gasteiger charge is 2.35. The van der Waals surface area contributed by atoms with E-state index < -0.39 is 22.7 Å². The zero-order chi connectivity index (χ0) is 22.8. The van der Waals surface area contributed by atoms with Crippen molar-refractivity contribution in [3.8, 4) is 5.75 Å². The topological polar surface area (TPSA) is 120 Å². The summed E-state index contributed by atoms with van der Waals surface area (Å²) in [6.07, 6.45) is -0.0604. The van der Waals surface area contributed by atoms with Gasteiger partial charge in [-0.05, 0) is 29.5 Å². The maximum Gasteiger partial charge on any atom is 0.573 e. The molecule has 13 heteroatoms. The van der Waals surface area contributed by atoms with Crippen molar-refractivity contribution in [1.82, 2.24) is 0 Å². The van der Waals surface area contributed by atoms with Gasteiger partial charge in [0, 0.05) is 35.7 Å². The first-order chi connectivity index (χ1) is 14.6. The third-order valence-electron chi connectivity index (χ3n) is 4.26. The van der Waals surface area contributed by atoms with E-state index in [1.165, 1.54) is 18.0 Å². The molecule has 31 heavy (non-hydrogen) atoms. The van der Waals surface area contributed by atoms with Gasteiger partial charge in [0.2, 0.25) is 5.75 Å². The molecule has 2 aliphatic rings. The number of rotatable bonds is 4. The van der Waals surface area contributed by atoms with Crippen molar-refractivity contribution in [2.45, 2.75) is 24.3 Å². The van der Waals surface area contributed by atoms with E-state index in [0.29, 0.717) is 22.6 Å². The summed E-state index contributed by atoms with van der Waals surface area (Å²) in [5.74, 6) is -0.813. The first-order valence-corrected chi connectivity index (χ1v) is 9.73. The molecular formula is C18H13F3N4O5S. The molecule has 2 aromatic carbocycles. The Morgan fingerprint density at radius 2 is 1.45 bits per heavy atom. The van der Waals surface area contributed by atoms with Crippen LogP contribution in [0.25, 0.3) is 0 Å². The Hall–Kier alpha value is -3.48. The summed E-state index contributed by atoms with van der Waals surface area (Å²) in [7, 11) is 0. The lowest BCUT2D eigenvalue weighted by molar-refractivity contribution is -0.388. The first kappa shape index (κ1) is 22.2. The van der Waals surface area contributed by atoms with Gasteiger partial charge in [0.05, 0.1) is 27.8 Å². The fourth-order valence-corrected chi connectivity index (χ4v) is 3.51. The second-order valence-electron chi connectivity index (χ2n) is 6.24. The third-order valence-corrected chi connectivity index (χ3v) is 5.03. The molecule has 0 spiro atoms. The minimum Gasteiger partial charge on any atom is -0.398 e. The van der Waals surface area contributed by atoms with Gasteiger partial charge in [-0.15, -0.1) is 24.9 Å². The van der Waals surface area contributed by atoms with E-state index in [2.05, 4.69) is 14.7 Å². The van der Waals surface area contributed by atoms with Crippen LogP contribution in [0, 0.1) is 20.2 Å². The summed E-state index contributed by atoms with van der Waals surface area (Å²) < 4.78 is 39.8. The predicted octanol–water partition coefficient (Wildman–Crippen LogP) is 4.68. The molecule has 0 N–H and O–H groups in total. The predicted molar refractivity (Wildman–Crippen MR) is 107 cm³/mol. The van der Waals surface area contributed by atoms with Crippen LogP contribution in [0.2, 0.25) is 0 Å². The highest BCUT2D eigenvalue weighted by atomic mass is 32.2. The number of hydrogen-bond donors (Lipinski definition) is 0. The normalized spacial score (nSPS) is 13.3. The van der Waals surface area contributed by atoms with Crippen molar-refractivity contribution in [1.29, 1.82) is 0 Å². The molecule has 0 atom stereocenters. The van der Waals surface area contributed by atoms with Gasteiger partial charge < -0.3 is 4.74 Å². The molecule has 2 heterocycles. The second-order valence-corrected chi connectivity index (χ2v) is 7.09. The van der Waals surface area contributed by atoms with Crippen LogP contribution in [-0.4, -0.2) is 34.9 Å². The Bertz CT molecular complexity index is 1120. The third kappa shape index (κ3) is 5.17. The number of ether oxygens (including phenoxy) is 1. The van der Waals surface area contributed by atoms with Crippen LogP contribution in [0.5, 0.6) is 5.75 Å². The van der Waals surface area contributed by atoms with Crippen LogP contribution < -0.4 is 4.74 Å². The number of nitro groups is 2. The maximum atomic E-state index is 12.1. The number of nitro benzene ring substituents is 2. The molecule has 0 aromatic heterocycles. The summed E-state index contributed by atoms with van der Waals surface area (Å²) in [5, 5.41) is 21.3. The SMILES string of the molecule is CSc1cc2c(cc1[N+](=O)[O-])C=NC2.O=[N+]([O-])c1cc2c(cc1OC(F)(F)F)CN=C2. The lowest BCUT2D eigenvalue weighted by Gasteiger charge is -2.10. The summed E-state index contributed by atoms with van der Waals surface area (Å²) in [6, 6.07) is 5.46. The van der Waals surface area contributed by atoms with Crippen LogP contribution in [0.4, 0.5) is 24.5 Å².